The highest BCUT2D eigenvalue weighted by Crippen LogP contribution is 2.30. The standard InChI is InChI=1S/C11H14N2O2/c1-2-15-13-7-3-4-9-8-10(12-14)5-6-11(9)13/h5-6,8H,2-4,7H2,1H3. The van der Waals surface area contributed by atoms with E-state index in [1.165, 1.54) is 0 Å². The van der Waals surface area contributed by atoms with Crippen molar-refractivity contribution in [2.75, 3.05) is 18.2 Å². The Bertz CT molecular complexity index is 366. The fraction of sp³-hybridized carbons (Fsp3) is 0.455. The number of hydrogen-bond acceptors (Lipinski definition) is 4. The third-order valence-corrected chi connectivity index (χ3v) is 2.53. The minimum Gasteiger partial charge on any atom is -0.274 e. The molecule has 2 rings (SSSR count). The van der Waals surface area contributed by atoms with Crippen LogP contribution in [-0.4, -0.2) is 13.2 Å². The number of hydrogen-bond donors (Lipinski definition) is 0. The fourth-order valence-electron chi connectivity index (χ4n) is 1.90. The van der Waals surface area contributed by atoms with Gasteiger partial charge in [0.15, 0.2) is 0 Å². The molecule has 0 saturated carbocycles. The summed E-state index contributed by atoms with van der Waals surface area (Å²) in [6.07, 6.45) is 2.04. The maximum absolute atomic E-state index is 10.4. The lowest BCUT2D eigenvalue weighted by molar-refractivity contribution is 0.116. The van der Waals surface area contributed by atoms with E-state index in [1.807, 2.05) is 24.1 Å². The highest BCUT2D eigenvalue weighted by atomic mass is 16.7. The number of anilines is 1. The average molecular weight is 206 g/mol. The van der Waals surface area contributed by atoms with Crippen molar-refractivity contribution in [3.63, 3.8) is 0 Å². The number of hydroxylamine groups is 1. The van der Waals surface area contributed by atoms with E-state index in [1.54, 1.807) is 6.07 Å². The van der Waals surface area contributed by atoms with Gasteiger partial charge in [-0.05, 0) is 48.7 Å². The zero-order valence-corrected chi connectivity index (χ0v) is 8.77. The Morgan fingerprint density at radius 1 is 1.53 bits per heavy atom. The lowest BCUT2D eigenvalue weighted by atomic mass is 10.0. The molecule has 4 heteroatoms. The van der Waals surface area contributed by atoms with Crippen molar-refractivity contribution >= 4 is 11.4 Å². The Balaban J connectivity index is 2.31. The Morgan fingerprint density at radius 2 is 2.40 bits per heavy atom. The summed E-state index contributed by atoms with van der Waals surface area (Å²) in [5, 5.41) is 4.84. The van der Waals surface area contributed by atoms with Gasteiger partial charge in [0, 0.05) is 6.54 Å². The number of nitrogens with zero attached hydrogens (tertiary/aromatic N) is 2. The van der Waals surface area contributed by atoms with Crippen molar-refractivity contribution < 1.29 is 4.84 Å². The summed E-state index contributed by atoms with van der Waals surface area (Å²) in [5.74, 6) is 0. The van der Waals surface area contributed by atoms with Gasteiger partial charge in [-0.1, -0.05) is 0 Å². The van der Waals surface area contributed by atoms with E-state index in [2.05, 4.69) is 5.18 Å². The highest BCUT2D eigenvalue weighted by molar-refractivity contribution is 5.59. The van der Waals surface area contributed by atoms with Crippen LogP contribution in [0.4, 0.5) is 11.4 Å². The first kappa shape index (κ1) is 10.1. The molecule has 1 aromatic carbocycles. The zero-order valence-electron chi connectivity index (χ0n) is 8.77. The molecule has 1 aromatic rings. The zero-order chi connectivity index (χ0) is 10.7. The van der Waals surface area contributed by atoms with E-state index in [4.69, 9.17) is 4.84 Å². The molecule has 0 unspecified atom stereocenters. The molecule has 80 valence electrons. The van der Waals surface area contributed by atoms with Gasteiger partial charge < -0.3 is 0 Å². The van der Waals surface area contributed by atoms with Gasteiger partial charge in [0.25, 0.3) is 0 Å². The molecular weight excluding hydrogens is 192 g/mol. The molecule has 0 amide bonds. The maximum Gasteiger partial charge on any atom is 0.108 e. The number of aryl methyl sites for hydroxylation is 1. The summed E-state index contributed by atoms with van der Waals surface area (Å²) >= 11 is 0. The van der Waals surface area contributed by atoms with E-state index in [9.17, 15) is 4.91 Å². The van der Waals surface area contributed by atoms with Gasteiger partial charge >= 0.3 is 0 Å². The van der Waals surface area contributed by atoms with E-state index in [-0.39, 0.29) is 0 Å². The van der Waals surface area contributed by atoms with Crippen molar-refractivity contribution in [1.82, 2.24) is 0 Å². The third-order valence-electron chi connectivity index (χ3n) is 2.53. The molecule has 0 spiro atoms. The summed E-state index contributed by atoms with van der Waals surface area (Å²) in [6.45, 7) is 3.54. The Hall–Kier alpha value is -1.42. The number of benzene rings is 1. The predicted molar refractivity (Wildman–Crippen MR) is 59.2 cm³/mol. The van der Waals surface area contributed by atoms with Crippen LogP contribution in [0.25, 0.3) is 0 Å². The van der Waals surface area contributed by atoms with Gasteiger partial charge in [-0.2, -0.15) is 0 Å². The van der Waals surface area contributed by atoms with Crippen molar-refractivity contribution in [2.45, 2.75) is 19.8 Å². The molecular formula is C11H14N2O2. The summed E-state index contributed by atoms with van der Waals surface area (Å²) in [7, 11) is 0. The van der Waals surface area contributed by atoms with Crippen LogP contribution in [0.2, 0.25) is 0 Å². The maximum atomic E-state index is 10.4. The minimum atomic E-state index is 0.493. The first-order chi connectivity index (χ1) is 7.35. The molecule has 15 heavy (non-hydrogen) atoms. The molecule has 0 atom stereocenters. The molecule has 1 aliphatic heterocycles. The Labute approximate surface area is 88.8 Å². The highest BCUT2D eigenvalue weighted by Gasteiger charge is 2.17. The van der Waals surface area contributed by atoms with Crippen LogP contribution in [-0.2, 0) is 11.3 Å². The molecule has 0 bridgehead atoms. The predicted octanol–water partition coefficient (Wildman–Crippen LogP) is 2.79. The molecule has 1 aliphatic rings. The SMILES string of the molecule is CCON1CCCc2cc(N=O)ccc21. The van der Waals surface area contributed by atoms with Gasteiger partial charge in [0.05, 0.1) is 12.3 Å². The van der Waals surface area contributed by atoms with Crippen LogP contribution in [0, 0.1) is 4.91 Å². The quantitative estimate of drug-likeness (QED) is 0.714. The van der Waals surface area contributed by atoms with Gasteiger partial charge in [-0.15, -0.1) is 4.91 Å². The van der Waals surface area contributed by atoms with Crippen LogP contribution in [0.5, 0.6) is 0 Å². The largest absolute Gasteiger partial charge is 0.274 e. The molecule has 0 N–H and O–H groups in total. The van der Waals surface area contributed by atoms with Gasteiger partial charge in [-0.25, -0.2) is 0 Å². The van der Waals surface area contributed by atoms with Crippen LogP contribution < -0.4 is 5.06 Å². The van der Waals surface area contributed by atoms with E-state index in [0.717, 1.165) is 30.6 Å². The fourth-order valence-corrected chi connectivity index (χ4v) is 1.90. The minimum absolute atomic E-state index is 0.493. The monoisotopic (exact) mass is 206 g/mol. The smallest absolute Gasteiger partial charge is 0.108 e. The molecule has 1 heterocycles. The van der Waals surface area contributed by atoms with Crippen LogP contribution >= 0.6 is 0 Å². The first-order valence-electron chi connectivity index (χ1n) is 5.22. The molecule has 4 nitrogen and oxygen atoms in total. The lowest BCUT2D eigenvalue weighted by Gasteiger charge is -2.29. The Morgan fingerprint density at radius 3 is 3.13 bits per heavy atom. The second kappa shape index (κ2) is 4.40. The van der Waals surface area contributed by atoms with E-state index < -0.39 is 0 Å². The number of rotatable bonds is 3. The van der Waals surface area contributed by atoms with Gasteiger partial charge in [0.1, 0.15) is 5.69 Å². The van der Waals surface area contributed by atoms with Crippen molar-refractivity contribution in [2.24, 2.45) is 5.18 Å². The topological polar surface area (TPSA) is 41.9 Å². The van der Waals surface area contributed by atoms with Crippen LogP contribution in [0.3, 0.4) is 0 Å². The van der Waals surface area contributed by atoms with E-state index >= 15 is 0 Å². The second-order valence-electron chi connectivity index (χ2n) is 3.53. The summed E-state index contributed by atoms with van der Waals surface area (Å²) < 4.78 is 0. The van der Waals surface area contributed by atoms with Crippen LogP contribution in [0.15, 0.2) is 23.4 Å². The summed E-state index contributed by atoms with van der Waals surface area (Å²) in [5.41, 5.74) is 2.70. The summed E-state index contributed by atoms with van der Waals surface area (Å²) in [4.78, 5) is 15.9. The third kappa shape index (κ3) is 1.99. The molecule has 0 aliphatic carbocycles. The second-order valence-corrected chi connectivity index (χ2v) is 3.53. The Kier molecular flexibility index (Phi) is 2.97. The molecule has 0 radical (unpaired) electrons. The average Bonchev–Trinajstić information content (AvgIpc) is 2.29. The van der Waals surface area contributed by atoms with Gasteiger partial charge in [-0.3, -0.25) is 9.90 Å². The van der Waals surface area contributed by atoms with Gasteiger partial charge in [0.2, 0.25) is 0 Å². The van der Waals surface area contributed by atoms with E-state index in [0.29, 0.717) is 12.3 Å². The van der Waals surface area contributed by atoms with Crippen molar-refractivity contribution in [3.05, 3.63) is 28.7 Å². The molecule has 0 fully saturated rings. The summed E-state index contributed by atoms with van der Waals surface area (Å²) in [6, 6.07) is 5.47. The lowest BCUT2D eigenvalue weighted by Crippen LogP contribution is -2.29. The normalized spacial score (nSPS) is 14.9. The first-order valence-corrected chi connectivity index (χ1v) is 5.22. The van der Waals surface area contributed by atoms with Crippen molar-refractivity contribution in [3.8, 4) is 0 Å². The molecule has 0 aromatic heterocycles. The number of nitroso groups, excluding NO2 is 1. The van der Waals surface area contributed by atoms with Crippen molar-refractivity contribution in [1.29, 1.82) is 0 Å². The number of fused-ring (bicyclic) bond motifs is 1. The van der Waals surface area contributed by atoms with Crippen LogP contribution in [0.1, 0.15) is 18.9 Å². The molecule has 0 saturated heterocycles.